The fourth-order valence-corrected chi connectivity index (χ4v) is 2.89. The topological polar surface area (TPSA) is 52.6 Å². The highest BCUT2D eigenvalue weighted by Crippen LogP contribution is 2.40. The first-order valence-corrected chi connectivity index (χ1v) is 7.74. The first kappa shape index (κ1) is 12.8. The van der Waals surface area contributed by atoms with E-state index in [1.165, 1.54) is 0 Å². The highest BCUT2D eigenvalue weighted by Gasteiger charge is 2.23. The smallest absolute Gasteiger partial charge is 0.236 e. The lowest BCUT2D eigenvalue weighted by molar-refractivity contribution is 0.170. The Bertz CT molecular complexity index is 554. The number of rotatable bonds is 2. The molecule has 17 heavy (non-hydrogen) atoms. The molecule has 4 nitrogen and oxygen atoms in total. The molecule has 0 amide bonds. The van der Waals surface area contributed by atoms with Crippen molar-refractivity contribution in [2.45, 2.75) is 12.7 Å². The molecular weight excluding hydrogens is 287 g/mol. The highest BCUT2D eigenvalue weighted by molar-refractivity contribution is 8.13. The second-order valence-electron chi connectivity index (χ2n) is 3.67. The first-order chi connectivity index (χ1) is 7.88. The number of hydrogen-bond acceptors (Lipinski definition) is 4. The van der Waals surface area contributed by atoms with Crippen LogP contribution in [0.15, 0.2) is 6.07 Å². The van der Waals surface area contributed by atoms with Gasteiger partial charge in [-0.1, -0.05) is 11.6 Å². The molecule has 0 aliphatic carbocycles. The third-order valence-corrected chi connectivity index (χ3v) is 3.82. The zero-order valence-corrected chi connectivity index (χ0v) is 11.3. The molecule has 2 rings (SSSR count). The normalized spacial score (nSPS) is 14.8. The van der Waals surface area contributed by atoms with Crippen molar-refractivity contribution >= 4 is 31.3 Å². The van der Waals surface area contributed by atoms with Gasteiger partial charge in [0.2, 0.25) is 9.05 Å². The number of fused-ring (bicyclic) bond motifs is 1. The molecule has 0 fully saturated rings. The lowest BCUT2D eigenvalue weighted by Crippen LogP contribution is -2.17. The van der Waals surface area contributed by atoms with Crippen LogP contribution in [0.1, 0.15) is 11.1 Å². The minimum Gasteiger partial charge on any atom is -0.486 e. The van der Waals surface area contributed by atoms with Gasteiger partial charge in [-0.2, -0.15) is 0 Å². The van der Waals surface area contributed by atoms with E-state index in [9.17, 15) is 8.42 Å². The lowest BCUT2D eigenvalue weighted by Gasteiger charge is -2.22. The van der Waals surface area contributed by atoms with Crippen molar-refractivity contribution in [2.75, 3.05) is 13.2 Å². The molecule has 0 saturated carbocycles. The summed E-state index contributed by atoms with van der Waals surface area (Å²) in [6.07, 6.45) is 0. The minimum atomic E-state index is -3.67. The third-order valence-electron chi connectivity index (χ3n) is 2.47. The highest BCUT2D eigenvalue weighted by atomic mass is 35.7. The zero-order valence-electron chi connectivity index (χ0n) is 9.00. The van der Waals surface area contributed by atoms with E-state index < -0.39 is 9.05 Å². The van der Waals surface area contributed by atoms with E-state index in [2.05, 4.69) is 0 Å². The van der Waals surface area contributed by atoms with Gasteiger partial charge >= 0.3 is 0 Å². The van der Waals surface area contributed by atoms with Gasteiger partial charge in [-0.3, -0.25) is 0 Å². The monoisotopic (exact) mass is 296 g/mol. The summed E-state index contributed by atoms with van der Waals surface area (Å²) >= 11 is 6.01. The Labute approximate surface area is 109 Å². The Morgan fingerprint density at radius 2 is 2.00 bits per heavy atom. The predicted molar refractivity (Wildman–Crippen MR) is 65.7 cm³/mol. The summed E-state index contributed by atoms with van der Waals surface area (Å²) in [5.41, 5.74) is 1.10. The van der Waals surface area contributed by atoms with E-state index >= 15 is 0 Å². The van der Waals surface area contributed by atoms with Crippen LogP contribution in [-0.4, -0.2) is 21.6 Å². The summed E-state index contributed by atoms with van der Waals surface area (Å²) in [5.74, 6) is 0.552. The summed E-state index contributed by atoms with van der Waals surface area (Å²) in [5, 5.41) is 0.435. The molecule has 1 aromatic carbocycles. The molecule has 0 atom stereocenters. The van der Waals surface area contributed by atoms with E-state index in [0.29, 0.717) is 40.9 Å². The van der Waals surface area contributed by atoms with Crippen molar-refractivity contribution < 1.29 is 17.9 Å². The maximum absolute atomic E-state index is 11.2. The molecule has 1 heterocycles. The Hall–Kier alpha value is -0.650. The van der Waals surface area contributed by atoms with Crippen LogP contribution in [0.2, 0.25) is 5.02 Å². The predicted octanol–water partition coefficient (Wildman–Crippen LogP) is 2.49. The standard InChI is InChI=1S/C10H10Cl2O4S/c1-6-7(5-17(12,13)14)10-9(4-8(6)11)15-2-3-16-10/h4H,2-3,5H2,1H3. The van der Waals surface area contributed by atoms with Gasteiger partial charge in [0.25, 0.3) is 0 Å². The van der Waals surface area contributed by atoms with Gasteiger partial charge in [0.1, 0.15) is 13.2 Å². The fourth-order valence-electron chi connectivity index (χ4n) is 1.66. The van der Waals surface area contributed by atoms with Crippen LogP contribution in [0.5, 0.6) is 11.5 Å². The molecule has 0 unspecified atom stereocenters. The van der Waals surface area contributed by atoms with E-state index in [4.69, 9.17) is 31.8 Å². The molecule has 94 valence electrons. The van der Waals surface area contributed by atoms with Crippen LogP contribution in [0.3, 0.4) is 0 Å². The van der Waals surface area contributed by atoms with Gasteiger partial charge in [-0.25, -0.2) is 8.42 Å². The Morgan fingerprint density at radius 3 is 2.65 bits per heavy atom. The van der Waals surface area contributed by atoms with E-state index in [0.717, 1.165) is 0 Å². The van der Waals surface area contributed by atoms with Gasteiger partial charge in [0.05, 0.1) is 5.75 Å². The molecule has 1 aliphatic heterocycles. The van der Waals surface area contributed by atoms with Gasteiger partial charge < -0.3 is 9.47 Å². The second kappa shape index (κ2) is 4.55. The molecular formula is C10H10Cl2O4S. The van der Waals surface area contributed by atoms with Crippen LogP contribution in [0.4, 0.5) is 0 Å². The summed E-state index contributed by atoms with van der Waals surface area (Å²) in [4.78, 5) is 0. The SMILES string of the molecule is Cc1c(Cl)cc2c(c1CS(=O)(=O)Cl)OCCO2. The second-order valence-corrected chi connectivity index (χ2v) is 6.85. The van der Waals surface area contributed by atoms with Crippen molar-refractivity contribution in [2.24, 2.45) is 0 Å². The van der Waals surface area contributed by atoms with E-state index in [-0.39, 0.29) is 5.75 Å². The molecule has 1 aromatic rings. The number of halogens is 2. The van der Waals surface area contributed by atoms with Crippen LogP contribution >= 0.6 is 22.3 Å². The minimum absolute atomic E-state index is 0.327. The number of benzene rings is 1. The largest absolute Gasteiger partial charge is 0.486 e. The van der Waals surface area contributed by atoms with Gasteiger partial charge in [0, 0.05) is 27.3 Å². The number of hydrogen-bond donors (Lipinski definition) is 0. The quantitative estimate of drug-likeness (QED) is 0.787. The maximum atomic E-state index is 11.2. The van der Waals surface area contributed by atoms with E-state index in [1.807, 2.05) is 0 Å². The molecule has 1 aliphatic rings. The van der Waals surface area contributed by atoms with Crippen LogP contribution in [-0.2, 0) is 14.8 Å². The molecule has 0 spiro atoms. The fraction of sp³-hybridized carbons (Fsp3) is 0.400. The van der Waals surface area contributed by atoms with Gasteiger partial charge in [-0.15, -0.1) is 0 Å². The Kier molecular flexibility index (Phi) is 3.43. The number of ether oxygens (including phenoxy) is 2. The van der Waals surface area contributed by atoms with Crippen molar-refractivity contribution in [3.05, 3.63) is 22.2 Å². The van der Waals surface area contributed by atoms with Crippen molar-refractivity contribution in [1.29, 1.82) is 0 Å². The molecule has 0 bridgehead atoms. The molecule has 0 saturated heterocycles. The van der Waals surface area contributed by atoms with Crippen LogP contribution in [0.25, 0.3) is 0 Å². The average Bonchev–Trinajstić information content (AvgIpc) is 2.23. The summed E-state index contributed by atoms with van der Waals surface area (Å²) in [7, 11) is 1.60. The molecule has 0 aromatic heterocycles. The van der Waals surface area contributed by atoms with E-state index in [1.54, 1.807) is 13.0 Å². The third kappa shape index (κ3) is 2.78. The van der Waals surface area contributed by atoms with Crippen molar-refractivity contribution in [3.63, 3.8) is 0 Å². The Balaban J connectivity index is 2.58. The summed E-state index contributed by atoms with van der Waals surface area (Å²) in [6, 6.07) is 1.62. The molecule has 0 N–H and O–H groups in total. The lowest BCUT2D eigenvalue weighted by atomic mass is 10.1. The molecule has 0 radical (unpaired) electrons. The van der Waals surface area contributed by atoms with Crippen molar-refractivity contribution in [1.82, 2.24) is 0 Å². The summed E-state index contributed by atoms with van der Waals surface area (Å²) < 4.78 is 33.1. The Morgan fingerprint density at radius 1 is 1.35 bits per heavy atom. The van der Waals surface area contributed by atoms with Crippen molar-refractivity contribution in [3.8, 4) is 11.5 Å². The van der Waals surface area contributed by atoms with Crippen LogP contribution < -0.4 is 9.47 Å². The van der Waals surface area contributed by atoms with Gasteiger partial charge in [0.15, 0.2) is 11.5 Å². The average molecular weight is 297 g/mol. The van der Waals surface area contributed by atoms with Gasteiger partial charge in [-0.05, 0) is 12.5 Å². The molecule has 7 heteroatoms. The zero-order chi connectivity index (χ0) is 12.6. The van der Waals surface area contributed by atoms with Crippen LogP contribution in [0, 0.1) is 6.92 Å². The first-order valence-electron chi connectivity index (χ1n) is 4.88. The maximum Gasteiger partial charge on any atom is 0.236 e. The summed E-state index contributed by atoms with van der Waals surface area (Å²) in [6.45, 7) is 2.51.